The summed E-state index contributed by atoms with van der Waals surface area (Å²) >= 11 is 1.10. The lowest BCUT2D eigenvalue weighted by Crippen LogP contribution is -2.47. The molecule has 3 atom stereocenters. The molecule has 158 valence electrons. The lowest BCUT2D eigenvalue weighted by molar-refractivity contribution is 0.0917. The number of hydrogen-bond acceptors (Lipinski definition) is 5. The van der Waals surface area contributed by atoms with Crippen LogP contribution in [0.3, 0.4) is 0 Å². The van der Waals surface area contributed by atoms with Crippen molar-refractivity contribution in [1.29, 1.82) is 0 Å². The van der Waals surface area contributed by atoms with Gasteiger partial charge in [0.1, 0.15) is 9.77 Å². The van der Waals surface area contributed by atoms with Gasteiger partial charge >= 0.3 is 0 Å². The fraction of sp³-hybridized carbons (Fsp3) is 0.476. The van der Waals surface area contributed by atoms with Gasteiger partial charge in [0.25, 0.3) is 5.91 Å². The molecule has 8 heteroatoms. The predicted octanol–water partition coefficient (Wildman–Crippen LogP) is 3.47. The van der Waals surface area contributed by atoms with E-state index in [-0.39, 0.29) is 28.4 Å². The van der Waals surface area contributed by atoms with Gasteiger partial charge in [-0.05, 0) is 50.6 Å². The average molecular weight is 437 g/mol. The normalized spacial score (nSPS) is 21.7. The number of thiophene rings is 1. The summed E-state index contributed by atoms with van der Waals surface area (Å²) in [7, 11) is -3.77. The number of nitrogens with zero attached hydrogens (tertiary/aromatic N) is 1. The molecule has 1 saturated heterocycles. The first kappa shape index (κ1) is 22.0. The molecule has 1 aromatic heterocycles. The summed E-state index contributed by atoms with van der Waals surface area (Å²) in [6, 6.07) is 8.72. The summed E-state index contributed by atoms with van der Waals surface area (Å²) in [5.41, 5.74) is 1.78. The second-order valence-corrected chi connectivity index (χ2v) is 10.4. The number of nitrogens with one attached hydrogen (secondary N) is 1. The largest absolute Gasteiger partial charge is 0.387 e. The van der Waals surface area contributed by atoms with Gasteiger partial charge in [0.2, 0.25) is 10.0 Å². The Morgan fingerprint density at radius 3 is 2.45 bits per heavy atom. The van der Waals surface area contributed by atoms with Gasteiger partial charge in [-0.15, -0.1) is 11.3 Å². The quantitative estimate of drug-likeness (QED) is 0.726. The number of aryl methyl sites for hydroxylation is 1. The van der Waals surface area contributed by atoms with Crippen LogP contribution in [0, 0.1) is 6.92 Å². The van der Waals surface area contributed by atoms with Crippen LogP contribution in [0.4, 0.5) is 0 Å². The fourth-order valence-electron chi connectivity index (χ4n) is 3.83. The molecule has 1 aliphatic rings. The molecule has 1 aromatic carbocycles. The van der Waals surface area contributed by atoms with E-state index in [0.29, 0.717) is 5.56 Å². The van der Waals surface area contributed by atoms with Gasteiger partial charge in [0.15, 0.2) is 0 Å². The van der Waals surface area contributed by atoms with E-state index in [1.165, 1.54) is 10.4 Å². The third kappa shape index (κ3) is 4.71. The topological polar surface area (TPSA) is 86.7 Å². The molecule has 0 spiro atoms. The molecular formula is C21H28N2O4S2. The second-order valence-electron chi connectivity index (χ2n) is 7.71. The van der Waals surface area contributed by atoms with Crippen molar-refractivity contribution in [1.82, 2.24) is 9.62 Å². The maximum atomic E-state index is 13.3. The van der Waals surface area contributed by atoms with Crippen molar-refractivity contribution in [2.75, 3.05) is 6.54 Å². The molecule has 6 nitrogen and oxygen atoms in total. The third-order valence-electron chi connectivity index (χ3n) is 5.42. The number of piperidine rings is 1. The van der Waals surface area contributed by atoms with Crippen molar-refractivity contribution >= 4 is 27.3 Å². The molecule has 2 N–H and O–H groups in total. The van der Waals surface area contributed by atoms with Gasteiger partial charge in [-0.1, -0.05) is 36.2 Å². The number of aliphatic hydroxyl groups excluding tert-OH is 1. The van der Waals surface area contributed by atoms with Crippen LogP contribution in [0.15, 0.2) is 40.6 Å². The number of rotatable bonds is 6. The predicted molar refractivity (Wildman–Crippen MR) is 115 cm³/mol. The highest BCUT2D eigenvalue weighted by atomic mass is 32.2. The van der Waals surface area contributed by atoms with Crippen LogP contribution in [0.25, 0.3) is 0 Å². The van der Waals surface area contributed by atoms with E-state index in [1.54, 1.807) is 5.38 Å². The van der Waals surface area contributed by atoms with Gasteiger partial charge in [0.05, 0.1) is 6.10 Å². The molecule has 0 unspecified atom stereocenters. The van der Waals surface area contributed by atoms with Gasteiger partial charge in [-0.2, -0.15) is 4.31 Å². The lowest BCUT2D eigenvalue weighted by atomic mass is 10.0. The van der Waals surface area contributed by atoms with E-state index in [4.69, 9.17) is 0 Å². The van der Waals surface area contributed by atoms with Crippen molar-refractivity contribution in [2.24, 2.45) is 0 Å². The first-order valence-corrected chi connectivity index (χ1v) is 12.2. The monoisotopic (exact) mass is 436 g/mol. The smallest absolute Gasteiger partial charge is 0.262 e. The van der Waals surface area contributed by atoms with E-state index in [0.717, 1.165) is 36.2 Å². The van der Waals surface area contributed by atoms with Crippen LogP contribution >= 0.6 is 11.3 Å². The van der Waals surface area contributed by atoms with Crippen LogP contribution in [0.2, 0.25) is 0 Å². The van der Waals surface area contributed by atoms with E-state index in [2.05, 4.69) is 5.32 Å². The molecule has 0 aliphatic carbocycles. The van der Waals surface area contributed by atoms with Crippen molar-refractivity contribution in [3.8, 4) is 0 Å². The zero-order chi connectivity index (χ0) is 21.2. The minimum Gasteiger partial charge on any atom is -0.387 e. The van der Waals surface area contributed by atoms with Gasteiger partial charge < -0.3 is 10.4 Å². The third-order valence-corrected chi connectivity index (χ3v) is 8.63. The average Bonchev–Trinajstić information content (AvgIpc) is 3.17. The molecular weight excluding hydrogens is 408 g/mol. The van der Waals surface area contributed by atoms with Crippen molar-refractivity contribution in [2.45, 2.75) is 63.1 Å². The molecule has 1 fully saturated rings. The summed E-state index contributed by atoms with van der Waals surface area (Å²) in [4.78, 5) is 12.9. The summed E-state index contributed by atoms with van der Waals surface area (Å²) in [6.45, 7) is 5.80. The molecule has 1 amide bonds. The SMILES string of the molecule is Cc1ccc([C@@H](O)CNC(=O)c2sccc2S(=O)(=O)N2[C@H](C)CCC[C@@H]2C)cc1. The van der Waals surface area contributed by atoms with E-state index < -0.39 is 22.0 Å². The summed E-state index contributed by atoms with van der Waals surface area (Å²) in [5, 5.41) is 14.6. The Kier molecular flexibility index (Phi) is 6.78. The first-order chi connectivity index (χ1) is 13.7. The number of carbonyl (C=O) groups is 1. The Labute approximate surface area is 176 Å². The molecule has 2 aromatic rings. The van der Waals surface area contributed by atoms with Gasteiger partial charge in [-0.3, -0.25) is 4.79 Å². The van der Waals surface area contributed by atoms with Crippen LogP contribution in [0.1, 0.15) is 60.0 Å². The number of benzene rings is 1. The molecule has 1 aliphatic heterocycles. The standard InChI is InChI=1S/C21H28N2O4S2/c1-14-7-9-17(10-8-14)18(24)13-22-21(25)20-19(11-12-28-20)29(26,27)23-15(2)5-4-6-16(23)3/h7-12,15-16,18,24H,4-6,13H2,1-3H3,(H,22,25)/t15-,16+,18-/m0/s1. The minimum atomic E-state index is -3.77. The van der Waals surface area contributed by atoms with E-state index >= 15 is 0 Å². The zero-order valence-corrected chi connectivity index (χ0v) is 18.6. The lowest BCUT2D eigenvalue weighted by Gasteiger charge is -2.37. The zero-order valence-electron chi connectivity index (χ0n) is 17.0. The number of amides is 1. The Balaban J connectivity index is 1.75. The maximum absolute atomic E-state index is 13.3. The molecule has 29 heavy (non-hydrogen) atoms. The number of aliphatic hydroxyl groups is 1. The van der Waals surface area contributed by atoms with Crippen LogP contribution in [0.5, 0.6) is 0 Å². The highest BCUT2D eigenvalue weighted by Crippen LogP contribution is 2.32. The van der Waals surface area contributed by atoms with Crippen molar-refractivity contribution < 1.29 is 18.3 Å². The molecule has 0 saturated carbocycles. The van der Waals surface area contributed by atoms with Crippen LogP contribution in [-0.4, -0.2) is 42.4 Å². The number of sulfonamides is 1. The molecule has 3 rings (SSSR count). The fourth-order valence-corrected chi connectivity index (χ4v) is 7.03. The molecule has 0 radical (unpaired) electrons. The number of hydrogen-bond donors (Lipinski definition) is 2. The first-order valence-electron chi connectivity index (χ1n) is 9.85. The van der Waals surface area contributed by atoms with Crippen LogP contribution in [-0.2, 0) is 10.0 Å². The van der Waals surface area contributed by atoms with Crippen molar-refractivity contribution in [3.63, 3.8) is 0 Å². The van der Waals surface area contributed by atoms with Crippen molar-refractivity contribution in [3.05, 3.63) is 51.7 Å². The Morgan fingerprint density at radius 1 is 1.21 bits per heavy atom. The van der Waals surface area contributed by atoms with Gasteiger partial charge in [-0.25, -0.2) is 8.42 Å². The Morgan fingerprint density at radius 2 is 1.83 bits per heavy atom. The van der Waals surface area contributed by atoms with Crippen LogP contribution < -0.4 is 5.32 Å². The second kappa shape index (κ2) is 8.95. The molecule has 2 heterocycles. The van der Waals surface area contributed by atoms with Gasteiger partial charge in [0, 0.05) is 18.6 Å². The highest BCUT2D eigenvalue weighted by molar-refractivity contribution is 7.89. The minimum absolute atomic E-state index is 0.00972. The summed E-state index contributed by atoms with van der Waals surface area (Å²) in [5.74, 6) is -0.484. The maximum Gasteiger partial charge on any atom is 0.262 e. The van der Waals surface area contributed by atoms with E-state index in [1.807, 2.05) is 45.0 Å². The Bertz CT molecular complexity index is 943. The Hall–Kier alpha value is -1.74. The highest BCUT2D eigenvalue weighted by Gasteiger charge is 2.38. The van der Waals surface area contributed by atoms with E-state index in [9.17, 15) is 18.3 Å². The summed E-state index contributed by atoms with van der Waals surface area (Å²) < 4.78 is 28.1. The summed E-state index contributed by atoms with van der Waals surface area (Å²) in [6.07, 6.45) is 1.78. The number of carbonyl (C=O) groups excluding carboxylic acids is 1. The molecule has 0 bridgehead atoms.